The van der Waals surface area contributed by atoms with Gasteiger partial charge in [0.15, 0.2) is 0 Å². The molecule has 0 bridgehead atoms. The molecule has 0 unspecified atom stereocenters. The van der Waals surface area contributed by atoms with E-state index in [2.05, 4.69) is 103 Å². The first kappa shape index (κ1) is 14.7. The Bertz CT molecular complexity index is 413. The molecule has 0 aromatic heterocycles. The molecule has 0 saturated carbocycles. The van der Waals surface area contributed by atoms with Crippen LogP contribution in [0.15, 0.2) is 59.9 Å². The molecule has 0 saturated heterocycles. The molecule has 0 atom stereocenters. The van der Waals surface area contributed by atoms with Gasteiger partial charge in [-0.2, -0.15) is 0 Å². The molecule has 0 N–H and O–H groups in total. The molecule has 17 heavy (non-hydrogen) atoms. The number of allylic oxidation sites excluding steroid dienone is 3. The van der Waals surface area contributed by atoms with Gasteiger partial charge in [0, 0.05) is 0 Å². The zero-order chi connectivity index (χ0) is 12.7. The number of rotatable bonds is 4. The highest BCUT2D eigenvalue weighted by Crippen LogP contribution is 2.62. The first-order valence-electron chi connectivity index (χ1n) is 5.75. The Morgan fingerprint density at radius 1 is 0.882 bits per heavy atom. The molecule has 2 heteroatoms. The van der Waals surface area contributed by atoms with E-state index in [9.17, 15) is 0 Å². The van der Waals surface area contributed by atoms with E-state index in [1.807, 2.05) is 0 Å². The molecule has 0 fully saturated rings. The molecule has 0 radical (unpaired) electrons. The van der Waals surface area contributed by atoms with Gasteiger partial charge in [0.2, 0.25) is 0 Å². The van der Waals surface area contributed by atoms with Crippen LogP contribution in [0.4, 0.5) is 0 Å². The Labute approximate surface area is 119 Å². The Morgan fingerprint density at radius 3 is 1.76 bits per heavy atom. The molecule has 0 nitrogen and oxygen atoms in total. The minimum atomic E-state index is -1.44. The summed E-state index contributed by atoms with van der Waals surface area (Å²) in [7, 11) is -1.44. The Kier molecular flexibility index (Phi) is 6.15. The minimum absolute atomic E-state index is 1.34. The first-order chi connectivity index (χ1) is 8.20. The van der Waals surface area contributed by atoms with Crippen LogP contribution in [0.2, 0.25) is 0 Å². The number of halogens is 1. The third-order valence-corrected chi connectivity index (χ3v) is 7.42. The SMILES string of the molecule is CC=C[P+](C=CC)(C=CC)c1ccccc1I. The third-order valence-electron chi connectivity index (χ3n) is 2.46. The van der Waals surface area contributed by atoms with E-state index in [1.165, 1.54) is 8.87 Å². The first-order valence-corrected chi connectivity index (χ1v) is 8.82. The van der Waals surface area contributed by atoms with Crippen molar-refractivity contribution in [3.05, 3.63) is 63.5 Å². The summed E-state index contributed by atoms with van der Waals surface area (Å²) in [6.07, 6.45) is 6.49. The second-order valence-corrected chi connectivity index (χ2v) is 7.94. The van der Waals surface area contributed by atoms with E-state index in [4.69, 9.17) is 0 Å². The van der Waals surface area contributed by atoms with Gasteiger partial charge in [-0.15, -0.1) is 0 Å². The lowest BCUT2D eigenvalue weighted by molar-refractivity contribution is 1.69. The number of hydrogen-bond acceptors (Lipinski definition) is 0. The fourth-order valence-electron chi connectivity index (χ4n) is 1.90. The highest BCUT2D eigenvalue weighted by Gasteiger charge is 2.33. The maximum Gasteiger partial charge on any atom is 0.122 e. The van der Waals surface area contributed by atoms with Crippen molar-refractivity contribution in [2.75, 3.05) is 0 Å². The van der Waals surface area contributed by atoms with Crippen LogP contribution >= 0.6 is 29.9 Å². The van der Waals surface area contributed by atoms with Crippen LogP contribution in [0.25, 0.3) is 0 Å². The smallest absolute Gasteiger partial charge is 0.0609 e. The van der Waals surface area contributed by atoms with Crippen LogP contribution in [0.1, 0.15) is 20.8 Å². The lowest BCUT2D eigenvalue weighted by atomic mass is 10.4. The normalized spacial score (nSPS) is 16.0. The van der Waals surface area contributed by atoms with E-state index >= 15 is 0 Å². The summed E-state index contributed by atoms with van der Waals surface area (Å²) in [5.41, 5.74) is 0. The molecular weight excluding hydrogens is 338 g/mol. The second kappa shape index (κ2) is 7.13. The van der Waals surface area contributed by atoms with Gasteiger partial charge in [0.05, 0.1) is 21.0 Å². The monoisotopic (exact) mass is 357 g/mol. The predicted octanol–water partition coefficient (Wildman–Crippen LogP) is 5.53. The van der Waals surface area contributed by atoms with Gasteiger partial charge in [-0.1, -0.05) is 30.4 Å². The average Bonchev–Trinajstić information content (AvgIpc) is 2.30. The number of benzene rings is 1. The predicted molar refractivity (Wildman–Crippen MR) is 90.2 cm³/mol. The van der Waals surface area contributed by atoms with Crippen molar-refractivity contribution in [2.24, 2.45) is 0 Å². The molecule has 0 heterocycles. The van der Waals surface area contributed by atoms with E-state index in [1.54, 1.807) is 0 Å². The van der Waals surface area contributed by atoms with E-state index in [0.717, 1.165) is 0 Å². The van der Waals surface area contributed by atoms with E-state index in [-0.39, 0.29) is 0 Å². The average molecular weight is 357 g/mol. The molecule has 90 valence electrons. The van der Waals surface area contributed by atoms with Crippen molar-refractivity contribution in [1.82, 2.24) is 0 Å². The summed E-state index contributed by atoms with van der Waals surface area (Å²) in [6.45, 7) is 6.28. The van der Waals surface area contributed by atoms with Crippen molar-refractivity contribution in [3.8, 4) is 0 Å². The fourth-order valence-corrected chi connectivity index (χ4v) is 6.59. The standard InChI is InChI=1S/C15H19IP/c1-4-11-17(12-5-2,13-6-3)15-10-8-7-9-14(15)16/h4-13H,1-3H3/q+1. The third kappa shape index (κ3) is 3.53. The van der Waals surface area contributed by atoms with Crippen LogP contribution in [0, 0.1) is 3.57 Å². The lowest BCUT2D eigenvalue weighted by Crippen LogP contribution is -2.09. The molecule has 1 rings (SSSR count). The second-order valence-electron chi connectivity index (χ2n) is 3.73. The molecule has 0 amide bonds. The number of hydrogen-bond donors (Lipinski definition) is 0. The topological polar surface area (TPSA) is 0 Å². The lowest BCUT2D eigenvalue weighted by Gasteiger charge is -2.16. The van der Waals surface area contributed by atoms with Gasteiger partial charge >= 0.3 is 0 Å². The zero-order valence-electron chi connectivity index (χ0n) is 10.6. The van der Waals surface area contributed by atoms with Gasteiger partial charge in [0.25, 0.3) is 0 Å². The maximum absolute atomic E-state index is 2.43. The molecule has 1 aromatic rings. The van der Waals surface area contributed by atoms with Crippen molar-refractivity contribution in [3.63, 3.8) is 0 Å². The molecular formula is C15H19IP+. The summed E-state index contributed by atoms with van der Waals surface area (Å²) >= 11 is 2.43. The van der Waals surface area contributed by atoms with Crippen molar-refractivity contribution < 1.29 is 0 Å². The van der Waals surface area contributed by atoms with Gasteiger partial charge in [0.1, 0.15) is 12.6 Å². The van der Waals surface area contributed by atoms with Crippen LogP contribution in [0.5, 0.6) is 0 Å². The summed E-state index contributed by atoms with van der Waals surface area (Å²) in [6, 6.07) is 8.65. The summed E-state index contributed by atoms with van der Waals surface area (Å²) in [5, 5.41) is 1.44. The molecule has 0 spiro atoms. The van der Waals surface area contributed by atoms with Crippen molar-refractivity contribution >= 4 is 35.2 Å². The van der Waals surface area contributed by atoms with Gasteiger partial charge in [-0.25, -0.2) is 0 Å². The fraction of sp³-hybridized carbons (Fsp3) is 0.200. The van der Waals surface area contributed by atoms with Crippen LogP contribution in [-0.4, -0.2) is 0 Å². The minimum Gasteiger partial charge on any atom is -0.0609 e. The maximum atomic E-state index is 2.43. The Hall–Kier alpha value is -0.400. The van der Waals surface area contributed by atoms with E-state index < -0.39 is 7.26 Å². The summed E-state index contributed by atoms with van der Waals surface area (Å²) in [4.78, 5) is 0. The van der Waals surface area contributed by atoms with Crippen LogP contribution in [-0.2, 0) is 0 Å². The quantitative estimate of drug-likeness (QED) is 0.491. The van der Waals surface area contributed by atoms with Crippen LogP contribution in [0.3, 0.4) is 0 Å². The van der Waals surface area contributed by atoms with E-state index in [0.29, 0.717) is 0 Å². The molecule has 1 aromatic carbocycles. The highest BCUT2D eigenvalue weighted by molar-refractivity contribution is 14.1. The largest absolute Gasteiger partial charge is 0.122 e. The Morgan fingerprint density at radius 2 is 1.35 bits per heavy atom. The summed E-state index contributed by atoms with van der Waals surface area (Å²) in [5.74, 6) is 7.06. The van der Waals surface area contributed by atoms with Crippen molar-refractivity contribution in [2.45, 2.75) is 20.8 Å². The van der Waals surface area contributed by atoms with Gasteiger partial charge in [-0.05, 0) is 55.5 Å². The van der Waals surface area contributed by atoms with Crippen LogP contribution < -0.4 is 5.30 Å². The molecule has 0 aliphatic carbocycles. The van der Waals surface area contributed by atoms with Gasteiger partial charge < -0.3 is 0 Å². The van der Waals surface area contributed by atoms with Crippen molar-refractivity contribution in [1.29, 1.82) is 0 Å². The summed E-state index contributed by atoms with van der Waals surface area (Å²) < 4.78 is 1.34. The highest BCUT2D eigenvalue weighted by atomic mass is 127. The molecule has 0 aliphatic rings. The van der Waals surface area contributed by atoms with Gasteiger partial charge in [-0.3, -0.25) is 0 Å². The molecule has 0 aliphatic heterocycles. The zero-order valence-corrected chi connectivity index (χ0v) is 13.7. The Balaban J connectivity index is 3.46.